The number of para-hydroxylation sites is 1. The van der Waals surface area contributed by atoms with E-state index >= 15 is 0 Å². The van der Waals surface area contributed by atoms with Crippen LogP contribution in [-0.4, -0.2) is 20.4 Å². The second-order valence-corrected chi connectivity index (χ2v) is 9.49. The van der Waals surface area contributed by atoms with Gasteiger partial charge in [-0.25, -0.2) is 0 Å². The topological polar surface area (TPSA) is 75.1 Å². The summed E-state index contributed by atoms with van der Waals surface area (Å²) in [5.41, 5.74) is 0.179. The molecule has 2 N–H and O–H groups in total. The van der Waals surface area contributed by atoms with E-state index in [9.17, 15) is 27.9 Å². The van der Waals surface area contributed by atoms with Gasteiger partial charge < -0.3 is 14.7 Å². The zero-order chi connectivity index (χ0) is 27.4. The van der Waals surface area contributed by atoms with Gasteiger partial charge in [0.25, 0.3) is 5.56 Å². The van der Waals surface area contributed by atoms with Crippen molar-refractivity contribution in [2.24, 2.45) is 0 Å². The van der Waals surface area contributed by atoms with E-state index < -0.39 is 22.9 Å². The minimum Gasteiger partial charge on any atom is -0.376 e. The van der Waals surface area contributed by atoms with Gasteiger partial charge in [-0.3, -0.25) is 9.59 Å². The lowest BCUT2D eigenvalue weighted by molar-refractivity contribution is -0.137. The Bertz CT molecular complexity index is 1850. The quantitative estimate of drug-likeness (QED) is 0.297. The summed E-state index contributed by atoms with van der Waals surface area (Å²) < 4.78 is 41.1. The maximum atomic E-state index is 13.7. The number of benzene rings is 3. The van der Waals surface area contributed by atoms with Crippen LogP contribution in [0.3, 0.4) is 0 Å². The Kier molecular flexibility index (Phi) is 5.66. The van der Waals surface area contributed by atoms with Crippen molar-refractivity contribution in [2.45, 2.75) is 18.3 Å². The molecule has 0 bridgehead atoms. The summed E-state index contributed by atoms with van der Waals surface area (Å²) in [6.45, 7) is 0.150. The fraction of sp³-hybridized carbons (Fsp3) is 0.0968. The summed E-state index contributed by atoms with van der Waals surface area (Å²) in [6, 6.07) is 21.5. The number of aliphatic hydroxyl groups is 1. The molecule has 0 fully saturated rings. The number of halogens is 3. The molecule has 0 aliphatic heterocycles. The average molecular weight is 527 g/mol. The van der Waals surface area contributed by atoms with Crippen LogP contribution in [0, 0.1) is 0 Å². The number of alkyl halides is 3. The van der Waals surface area contributed by atoms with Crippen LogP contribution in [0.2, 0.25) is 0 Å². The first-order valence-electron chi connectivity index (χ1n) is 12.2. The molecule has 0 saturated heterocycles. The van der Waals surface area contributed by atoms with Crippen molar-refractivity contribution in [3.05, 3.63) is 130 Å². The zero-order valence-electron chi connectivity index (χ0n) is 20.4. The number of ketones is 1. The van der Waals surface area contributed by atoms with Crippen molar-refractivity contribution >= 4 is 27.6 Å². The molecule has 0 atom stereocenters. The average Bonchev–Trinajstić information content (AvgIpc) is 3.25. The first kappa shape index (κ1) is 24.6. The smallest absolute Gasteiger partial charge is 0.376 e. The standard InChI is InChI=1S/C31H21F3N2O3/c32-31(33,34)21-12-10-19(11-13-21)18-36-24-9-5-4-8-23(24)26-25(20-6-2-1-3-7-20)28(35-29(38)27(26)36)30(39)16-14-22(37)15-17-30/h1-17,39H,18H2,(H,35,38). The monoisotopic (exact) mass is 526 g/mol. The molecule has 5 aromatic rings. The summed E-state index contributed by atoms with van der Waals surface area (Å²) in [5.74, 6) is -0.280. The fourth-order valence-corrected chi connectivity index (χ4v) is 5.19. The van der Waals surface area contributed by atoms with Crippen LogP contribution < -0.4 is 5.56 Å². The summed E-state index contributed by atoms with van der Waals surface area (Å²) >= 11 is 0. The van der Waals surface area contributed by atoms with Crippen molar-refractivity contribution in [3.8, 4) is 11.1 Å². The second-order valence-electron chi connectivity index (χ2n) is 9.49. The Morgan fingerprint density at radius 2 is 1.49 bits per heavy atom. The van der Waals surface area contributed by atoms with Gasteiger partial charge in [-0.1, -0.05) is 60.7 Å². The molecule has 0 amide bonds. The van der Waals surface area contributed by atoms with Gasteiger partial charge in [-0.15, -0.1) is 0 Å². The third kappa shape index (κ3) is 4.19. The molecule has 2 heterocycles. The number of pyridine rings is 1. The molecule has 6 rings (SSSR count). The Labute approximate surface area is 220 Å². The number of fused-ring (bicyclic) bond motifs is 3. The van der Waals surface area contributed by atoms with Gasteiger partial charge >= 0.3 is 6.18 Å². The maximum absolute atomic E-state index is 13.7. The summed E-state index contributed by atoms with van der Waals surface area (Å²) in [6.07, 6.45) is 0.757. The lowest BCUT2D eigenvalue weighted by atomic mass is 9.86. The van der Waals surface area contributed by atoms with Crippen LogP contribution in [-0.2, 0) is 23.1 Å². The van der Waals surface area contributed by atoms with Crippen molar-refractivity contribution < 1.29 is 23.1 Å². The van der Waals surface area contributed by atoms with Gasteiger partial charge in [-0.2, -0.15) is 13.2 Å². The number of allylic oxidation sites excluding steroid dienone is 2. The van der Waals surface area contributed by atoms with Crippen molar-refractivity contribution in [3.63, 3.8) is 0 Å². The lowest BCUT2D eigenvalue weighted by Crippen LogP contribution is -2.29. The van der Waals surface area contributed by atoms with E-state index in [0.29, 0.717) is 27.5 Å². The predicted molar refractivity (Wildman–Crippen MR) is 143 cm³/mol. The molecular weight excluding hydrogens is 505 g/mol. The maximum Gasteiger partial charge on any atom is 0.416 e. The molecule has 1 aliphatic rings. The number of aromatic amines is 1. The molecule has 194 valence electrons. The number of nitrogens with one attached hydrogen (secondary N) is 1. The highest BCUT2D eigenvalue weighted by Crippen LogP contribution is 2.41. The van der Waals surface area contributed by atoms with Crippen LogP contribution in [0.1, 0.15) is 16.8 Å². The third-order valence-corrected chi connectivity index (χ3v) is 7.01. The van der Waals surface area contributed by atoms with Crippen molar-refractivity contribution in [2.75, 3.05) is 0 Å². The Balaban J connectivity index is 1.66. The van der Waals surface area contributed by atoms with Crippen LogP contribution in [0.15, 0.2) is 108 Å². The van der Waals surface area contributed by atoms with E-state index in [0.717, 1.165) is 23.1 Å². The number of aromatic nitrogens is 2. The fourth-order valence-electron chi connectivity index (χ4n) is 5.19. The molecule has 2 aromatic heterocycles. The Hall–Kier alpha value is -4.69. The van der Waals surface area contributed by atoms with Gasteiger partial charge in [0.15, 0.2) is 5.78 Å². The molecule has 0 unspecified atom stereocenters. The molecule has 3 aromatic carbocycles. The molecule has 0 saturated carbocycles. The highest BCUT2D eigenvalue weighted by molar-refractivity contribution is 6.15. The van der Waals surface area contributed by atoms with E-state index in [-0.39, 0.29) is 18.0 Å². The molecular formula is C31H21F3N2O3. The van der Waals surface area contributed by atoms with Crippen molar-refractivity contribution in [1.82, 2.24) is 9.55 Å². The van der Waals surface area contributed by atoms with Gasteiger partial charge in [-0.05, 0) is 53.6 Å². The summed E-state index contributed by atoms with van der Waals surface area (Å²) in [5, 5.41) is 12.9. The normalized spacial score (nSPS) is 14.9. The molecule has 39 heavy (non-hydrogen) atoms. The number of H-pyrrole nitrogens is 1. The van der Waals surface area contributed by atoms with E-state index in [1.807, 2.05) is 54.6 Å². The number of rotatable bonds is 4. The minimum absolute atomic E-state index is 0.150. The highest BCUT2D eigenvalue weighted by atomic mass is 19.4. The second kappa shape index (κ2) is 8.96. The van der Waals surface area contributed by atoms with E-state index in [2.05, 4.69) is 4.98 Å². The SMILES string of the molecule is O=C1C=CC(O)(c2[nH]c(=O)c3c(c2-c2ccccc2)c2ccccc2n3Cc2ccc(C(F)(F)F)cc2)C=C1. The molecule has 0 radical (unpaired) electrons. The predicted octanol–water partition coefficient (Wildman–Crippen LogP) is 6.10. The Morgan fingerprint density at radius 3 is 2.15 bits per heavy atom. The first-order valence-corrected chi connectivity index (χ1v) is 12.2. The molecule has 0 spiro atoms. The van der Waals surface area contributed by atoms with Gasteiger partial charge in [0, 0.05) is 28.4 Å². The molecule has 1 aliphatic carbocycles. The van der Waals surface area contributed by atoms with E-state index in [4.69, 9.17) is 0 Å². The van der Waals surface area contributed by atoms with Gasteiger partial charge in [0.2, 0.25) is 0 Å². The van der Waals surface area contributed by atoms with Crippen LogP contribution in [0.25, 0.3) is 32.9 Å². The Morgan fingerprint density at radius 1 is 0.846 bits per heavy atom. The number of carbonyl (C=O) groups is 1. The number of hydrogen-bond acceptors (Lipinski definition) is 3. The molecule has 5 nitrogen and oxygen atoms in total. The van der Waals surface area contributed by atoms with Gasteiger partial charge in [0.1, 0.15) is 11.1 Å². The third-order valence-electron chi connectivity index (χ3n) is 7.01. The highest BCUT2D eigenvalue weighted by Gasteiger charge is 2.33. The van der Waals surface area contributed by atoms with Crippen molar-refractivity contribution in [1.29, 1.82) is 0 Å². The van der Waals surface area contributed by atoms with E-state index in [1.165, 1.54) is 36.4 Å². The largest absolute Gasteiger partial charge is 0.416 e. The first-order chi connectivity index (χ1) is 18.7. The van der Waals surface area contributed by atoms with Crippen LogP contribution in [0.5, 0.6) is 0 Å². The molecule has 8 heteroatoms. The minimum atomic E-state index is -4.45. The zero-order valence-corrected chi connectivity index (χ0v) is 20.4. The summed E-state index contributed by atoms with van der Waals surface area (Å²) in [4.78, 5) is 28.4. The van der Waals surface area contributed by atoms with Crippen LogP contribution >= 0.6 is 0 Å². The number of hydrogen-bond donors (Lipinski definition) is 2. The summed E-state index contributed by atoms with van der Waals surface area (Å²) in [7, 11) is 0. The number of nitrogens with zero attached hydrogens (tertiary/aromatic N) is 1. The van der Waals surface area contributed by atoms with Gasteiger partial charge in [0.05, 0.1) is 11.3 Å². The van der Waals surface area contributed by atoms with Crippen LogP contribution in [0.4, 0.5) is 13.2 Å². The number of carbonyl (C=O) groups excluding carboxylic acids is 1. The lowest BCUT2D eigenvalue weighted by Gasteiger charge is -2.26. The van der Waals surface area contributed by atoms with E-state index in [1.54, 1.807) is 4.57 Å².